The fourth-order valence-electron chi connectivity index (χ4n) is 2.32. The van der Waals surface area contributed by atoms with E-state index in [1.54, 1.807) is 6.07 Å². The van der Waals surface area contributed by atoms with E-state index in [9.17, 15) is 4.79 Å². The van der Waals surface area contributed by atoms with Gasteiger partial charge in [0.2, 0.25) is 0 Å². The van der Waals surface area contributed by atoms with Gasteiger partial charge in [-0.3, -0.25) is 4.79 Å². The fourth-order valence-corrected chi connectivity index (χ4v) is 2.32. The second-order valence-corrected chi connectivity index (χ2v) is 4.77. The number of likely N-dealkylation sites (tertiary alicyclic amines) is 1. The van der Waals surface area contributed by atoms with Crippen molar-refractivity contribution in [3.8, 4) is 0 Å². The monoisotopic (exact) mass is 236 g/mol. The molecule has 2 rings (SSSR count). The smallest absolute Gasteiger partial charge is 0.276 e. The zero-order valence-electron chi connectivity index (χ0n) is 10.6. The molecular formula is C13H20N2O2. The molecule has 1 aromatic heterocycles. The van der Waals surface area contributed by atoms with Crippen molar-refractivity contribution in [1.82, 2.24) is 10.1 Å². The van der Waals surface area contributed by atoms with Crippen molar-refractivity contribution in [2.75, 3.05) is 6.54 Å². The number of hydrogen-bond donors (Lipinski definition) is 0. The Bertz CT molecular complexity index is 387. The lowest BCUT2D eigenvalue weighted by molar-refractivity contribution is 0.0625. The molecule has 94 valence electrons. The lowest BCUT2D eigenvalue weighted by Crippen LogP contribution is -2.42. The van der Waals surface area contributed by atoms with Crippen LogP contribution in [0.4, 0.5) is 0 Å². The molecule has 0 saturated carbocycles. The summed E-state index contributed by atoms with van der Waals surface area (Å²) in [6.07, 6.45) is 5.24. The summed E-state index contributed by atoms with van der Waals surface area (Å²) in [5.74, 6) is 0.823. The molecule has 2 heterocycles. The van der Waals surface area contributed by atoms with Crippen molar-refractivity contribution in [3.05, 3.63) is 17.5 Å². The molecule has 1 atom stereocenters. The molecule has 1 aliphatic rings. The van der Waals surface area contributed by atoms with Gasteiger partial charge in [0.25, 0.3) is 5.91 Å². The third kappa shape index (κ3) is 2.68. The summed E-state index contributed by atoms with van der Waals surface area (Å²) in [5, 5.41) is 3.88. The first kappa shape index (κ1) is 12.1. The molecule has 0 bridgehead atoms. The largest absolute Gasteiger partial charge is 0.361 e. The summed E-state index contributed by atoms with van der Waals surface area (Å²) in [7, 11) is 0. The summed E-state index contributed by atoms with van der Waals surface area (Å²) in [5.41, 5.74) is 0.460. The number of aromatic nitrogens is 1. The first-order chi connectivity index (χ1) is 8.22. The van der Waals surface area contributed by atoms with E-state index in [0.29, 0.717) is 11.7 Å². The molecule has 1 aromatic rings. The Morgan fingerprint density at radius 3 is 3.12 bits per heavy atom. The van der Waals surface area contributed by atoms with Gasteiger partial charge in [0.1, 0.15) is 5.76 Å². The molecule has 0 aromatic carbocycles. The van der Waals surface area contributed by atoms with Crippen LogP contribution in [0.25, 0.3) is 0 Å². The first-order valence-electron chi connectivity index (χ1n) is 6.49. The Kier molecular flexibility index (Phi) is 3.82. The van der Waals surface area contributed by atoms with Crippen molar-refractivity contribution in [2.45, 2.75) is 52.0 Å². The highest BCUT2D eigenvalue weighted by molar-refractivity contribution is 5.92. The molecule has 1 fully saturated rings. The van der Waals surface area contributed by atoms with Gasteiger partial charge in [-0.1, -0.05) is 12.1 Å². The molecule has 17 heavy (non-hydrogen) atoms. The molecule has 0 radical (unpaired) electrons. The van der Waals surface area contributed by atoms with E-state index in [1.807, 2.05) is 4.90 Å². The molecule has 1 amide bonds. The number of aryl methyl sites for hydroxylation is 1. The second-order valence-electron chi connectivity index (χ2n) is 4.77. The lowest BCUT2D eigenvalue weighted by atomic mass is 10.0. The molecule has 0 aliphatic carbocycles. The zero-order chi connectivity index (χ0) is 12.3. The highest BCUT2D eigenvalue weighted by Gasteiger charge is 2.26. The third-order valence-electron chi connectivity index (χ3n) is 3.34. The summed E-state index contributed by atoms with van der Waals surface area (Å²) >= 11 is 0. The number of rotatable bonds is 3. The molecule has 1 aliphatic heterocycles. The van der Waals surface area contributed by atoms with Gasteiger partial charge < -0.3 is 9.42 Å². The van der Waals surface area contributed by atoms with Gasteiger partial charge in [0.15, 0.2) is 5.69 Å². The van der Waals surface area contributed by atoms with Crippen LogP contribution in [-0.4, -0.2) is 28.6 Å². The minimum Gasteiger partial charge on any atom is -0.361 e. The van der Waals surface area contributed by atoms with Crippen LogP contribution < -0.4 is 0 Å². The normalized spacial score (nSPS) is 20.6. The van der Waals surface area contributed by atoms with Gasteiger partial charge in [0.05, 0.1) is 0 Å². The summed E-state index contributed by atoms with van der Waals surface area (Å²) in [6, 6.07) is 2.11. The number of piperidine rings is 1. The fraction of sp³-hybridized carbons (Fsp3) is 0.692. The molecule has 4 nitrogen and oxygen atoms in total. The first-order valence-corrected chi connectivity index (χ1v) is 6.49. The predicted octanol–water partition coefficient (Wildman–Crippen LogP) is 2.64. The van der Waals surface area contributed by atoms with E-state index >= 15 is 0 Å². The standard InChI is InChI=1S/C13H20N2O2/c1-3-6-11-9-12(14-17-11)13(16)15-8-5-4-7-10(15)2/h9-10H,3-8H2,1-2H3. The van der Waals surface area contributed by atoms with Gasteiger partial charge in [-0.25, -0.2) is 0 Å². The van der Waals surface area contributed by atoms with Crippen LogP contribution in [0, 0.1) is 0 Å². The Balaban J connectivity index is 2.07. The minimum atomic E-state index is 0.0169. The average Bonchev–Trinajstić information content (AvgIpc) is 2.78. The van der Waals surface area contributed by atoms with E-state index in [0.717, 1.165) is 38.0 Å². The van der Waals surface area contributed by atoms with Crippen LogP contribution in [0.15, 0.2) is 10.6 Å². The van der Waals surface area contributed by atoms with E-state index in [2.05, 4.69) is 19.0 Å². The second kappa shape index (κ2) is 5.34. The third-order valence-corrected chi connectivity index (χ3v) is 3.34. The van der Waals surface area contributed by atoms with Crippen LogP contribution in [0.2, 0.25) is 0 Å². The Labute approximate surface area is 102 Å². The van der Waals surface area contributed by atoms with Crippen LogP contribution in [0.1, 0.15) is 55.8 Å². The molecular weight excluding hydrogens is 216 g/mol. The highest BCUT2D eigenvalue weighted by Crippen LogP contribution is 2.19. The minimum absolute atomic E-state index is 0.0169. The van der Waals surface area contributed by atoms with Crippen LogP contribution >= 0.6 is 0 Å². The number of hydrogen-bond acceptors (Lipinski definition) is 3. The number of amides is 1. The van der Waals surface area contributed by atoms with E-state index in [4.69, 9.17) is 4.52 Å². The van der Waals surface area contributed by atoms with Crippen molar-refractivity contribution in [1.29, 1.82) is 0 Å². The van der Waals surface area contributed by atoms with Crippen molar-refractivity contribution >= 4 is 5.91 Å². The Hall–Kier alpha value is -1.32. The quantitative estimate of drug-likeness (QED) is 0.810. The predicted molar refractivity (Wildman–Crippen MR) is 64.8 cm³/mol. The topological polar surface area (TPSA) is 46.3 Å². The summed E-state index contributed by atoms with van der Waals surface area (Å²) in [4.78, 5) is 14.1. The Morgan fingerprint density at radius 1 is 1.59 bits per heavy atom. The maximum atomic E-state index is 12.2. The van der Waals surface area contributed by atoms with Crippen LogP contribution in [0.3, 0.4) is 0 Å². The number of nitrogens with zero attached hydrogens (tertiary/aromatic N) is 2. The van der Waals surface area contributed by atoms with Gasteiger partial charge in [-0.05, 0) is 32.6 Å². The lowest BCUT2D eigenvalue weighted by Gasteiger charge is -2.32. The van der Waals surface area contributed by atoms with Crippen LogP contribution in [-0.2, 0) is 6.42 Å². The van der Waals surface area contributed by atoms with Gasteiger partial charge >= 0.3 is 0 Å². The van der Waals surface area contributed by atoms with Crippen LogP contribution in [0.5, 0.6) is 0 Å². The highest BCUT2D eigenvalue weighted by atomic mass is 16.5. The average molecular weight is 236 g/mol. The maximum Gasteiger partial charge on any atom is 0.276 e. The molecule has 1 unspecified atom stereocenters. The van der Waals surface area contributed by atoms with Gasteiger partial charge in [-0.15, -0.1) is 0 Å². The van der Waals surface area contributed by atoms with Crippen molar-refractivity contribution in [3.63, 3.8) is 0 Å². The summed E-state index contributed by atoms with van der Waals surface area (Å²) in [6.45, 7) is 5.02. The van der Waals surface area contributed by atoms with Crippen molar-refractivity contribution in [2.24, 2.45) is 0 Å². The van der Waals surface area contributed by atoms with Gasteiger partial charge in [0, 0.05) is 25.1 Å². The van der Waals surface area contributed by atoms with Crippen molar-refractivity contribution < 1.29 is 9.32 Å². The summed E-state index contributed by atoms with van der Waals surface area (Å²) < 4.78 is 5.15. The maximum absolute atomic E-state index is 12.2. The SMILES string of the molecule is CCCc1cc(C(=O)N2CCCCC2C)no1. The van der Waals surface area contributed by atoms with E-state index in [-0.39, 0.29) is 5.91 Å². The Morgan fingerprint density at radius 2 is 2.41 bits per heavy atom. The van der Waals surface area contributed by atoms with E-state index < -0.39 is 0 Å². The molecule has 1 saturated heterocycles. The molecule has 4 heteroatoms. The number of carbonyl (C=O) groups is 1. The number of carbonyl (C=O) groups excluding carboxylic acids is 1. The van der Waals surface area contributed by atoms with Gasteiger partial charge in [-0.2, -0.15) is 0 Å². The van der Waals surface area contributed by atoms with E-state index in [1.165, 1.54) is 6.42 Å². The zero-order valence-corrected chi connectivity index (χ0v) is 10.6. The molecule has 0 spiro atoms. The molecule has 0 N–H and O–H groups in total.